The molecule has 1 aromatic carbocycles. The lowest BCUT2D eigenvalue weighted by molar-refractivity contribution is -0.122. The van der Waals surface area contributed by atoms with Crippen molar-refractivity contribution in [1.29, 1.82) is 0 Å². The van der Waals surface area contributed by atoms with E-state index >= 15 is 0 Å². The van der Waals surface area contributed by atoms with Crippen LogP contribution in [0.25, 0.3) is 0 Å². The van der Waals surface area contributed by atoms with E-state index in [0.717, 1.165) is 30.0 Å². The highest BCUT2D eigenvalue weighted by Crippen LogP contribution is 2.43. The van der Waals surface area contributed by atoms with Crippen molar-refractivity contribution in [3.8, 4) is 0 Å². The summed E-state index contributed by atoms with van der Waals surface area (Å²) >= 11 is 1.75. The summed E-state index contributed by atoms with van der Waals surface area (Å²) in [6.45, 7) is 0.653. The standard InChI is InChI=1S/C15H19FN2OS.ClH/c16-12-4-2-11(3-5-12)15(6-1-7-15)9-17-14(19)13-8-20-10-18-13;/h2-5,13,18H,1,6-10H2,(H,17,19);1H. The summed E-state index contributed by atoms with van der Waals surface area (Å²) in [4.78, 5) is 12.1. The Hall–Kier alpha value is -0.780. The van der Waals surface area contributed by atoms with Crippen molar-refractivity contribution >= 4 is 30.1 Å². The lowest BCUT2D eigenvalue weighted by Gasteiger charge is -2.42. The Bertz CT molecular complexity index is 487. The third kappa shape index (κ3) is 3.52. The van der Waals surface area contributed by atoms with E-state index in [1.807, 2.05) is 12.1 Å². The molecule has 2 N–H and O–H groups in total. The monoisotopic (exact) mass is 330 g/mol. The number of carbonyl (C=O) groups is 1. The van der Waals surface area contributed by atoms with Crippen molar-refractivity contribution in [3.63, 3.8) is 0 Å². The van der Waals surface area contributed by atoms with E-state index in [1.165, 1.54) is 18.6 Å². The number of halogens is 2. The summed E-state index contributed by atoms with van der Waals surface area (Å²) in [5.74, 6) is 1.57. The minimum absolute atomic E-state index is 0. The third-order valence-electron chi connectivity index (χ3n) is 4.40. The molecular weight excluding hydrogens is 311 g/mol. The van der Waals surface area contributed by atoms with Crippen LogP contribution in [0.2, 0.25) is 0 Å². The first-order chi connectivity index (χ1) is 9.70. The van der Waals surface area contributed by atoms with Gasteiger partial charge in [-0.15, -0.1) is 24.2 Å². The second-order valence-electron chi connectivity index (χ2n) is 5.63. The zero-order valence-electron chi connectivity index (χ0n) is 11.7. The van der Waals surface area contributed by atoms with Gasteiger partial charge in [0.1, 0.15) is 5.82 Å². The fraction of sp³-hybridized carbons (Fsp3) is 0.533. The average molecular weight is 331 g/mol. The van der Waals surface area contributed by atoms with Gasteiger partial charge in [-0.25, -0.2) is 4.39 Å². The summed E-state index contributed by atoms with van der Waals surface area (Å²) in [5.41, 5.74) is 1.15. The van der Waals surface area contributed by atoms with Gasteiger partial charge in [0.15, 0.2) is 0 Å². The molecule has 0 aromatic heterocycles. The SMILES string of the molecule is Cl.O=C(NCC1(c2ccc(F)cc2)CCC1)C1CSCN1. The molecule has 3 nitrogen and oxygen atoms in total. The van der Waals surface area contributed by atoms with Crippen LogP contribution in [-0.4, -0.2) is 30.1 Å². The van der Waals surface area contributed by atoms with Crippen LogP contribution in [0.15, 0.2) is 24.3 Å². The highest BCUT2D eigenvalue weighted by atomic mass is 35.5. The molecule has 1 saturated carbocycles. The van der Waals surface area contributed by atoms with E-state index in [1.54, 1.807) is 11.8 Å². The van der Waals surface area contributed by atoms with E-state index < -0.39 is 0 Å². The van der Waals surface area contributed by atoms with Gasteiger partial charge in [-0.1, -0.05) is 18.6 Å². The molecule has 1 saturated heterocycles. The minimum Gasteiger partial charge on any atom is -0.354 e. The first kappa shape index (κ1) is 16.6. The minimum atomic E-state index is -0.209. The molecule has 1 aliphatic carbocycles. The molecule has 6 heteroatoms. The van der Waals surface area contributed by atoms with Gasteiger partial charge >= 0.3 is 0 Å². The lowest BCUT2D eigenvalue weighted by Crippen LogP contribution is -2.50. The van der Waals surface area contributed by atoms with E-state index in [9.17, 15) is 9.18 Å². The lowest BCUT2D eigenvalue weighted by atomic mass is 9.64. The van der Waals surface area contributed by atoms with Crippen LogP contribution in [0.3, 0.4) is 0 Å². The zero-order chi connectivity index (χ0) is 14.0. The summed E-state index contributed by atoms with van der Waals surface area (Å²) < 4.78 is 13.0. The Morgan fingerprint density at radius 1 is 1.38 bits per heavy atom. The van der Waals surface area contributed by atoms with Gasteiger partial charge < -0.3 is 5.32 Å². The molecule has 116 valence electrons. The first-order valence-electron chi connectivity index (χ1n) is 7.05. The molecule has 1 atom stereocenters. The summed E-state index contributed by atoms with van der Waals surface area (Å²) in [7, 11) is 0. The molecule has 0 radical (unpaired) electrons. The Morgan fingerprint density at radius 2 is 2.10 bits per heavy atom. The first-order valence-corrected chi connectivity index (χ1v) is 8.20. The Balaban J connectivity index is 0.00000161. The number of hydrogen-bond acceptors (Lipinski definition) is 3. The van der Waals surface area contributed by atoms with E-state index in [0.29, 0.717) is 6.54 Å². The maximum Gasteiger partial charge on any atom is 0.238 e. The number of carbonyl (C=O) groups excluding carboxylic acids is 1. The van der Waals surface area contributed by atoms with Crippen molar-refractivity contribution in [2.75, 3.05) is 18.2 Å². The van der Waals surface area contributed by atoms with Crippen molar-refractivity contribution in [1.82, 2.24) is 10.6 Å². The molecule has 0 spiro atoms. The van der Waals surface area contributed by atoms with Crippen molar-refractivity contribution in [2.45, 2.75) is 30.7 Å². The molecule has 1 aliphatic heterocycles. The quantitative estimate of drug-likeness (QED) is 0.891. The Morgan fingerprint density at radius 3 is 2.62 bits per heavy atom. The van der Waals surface area contributed by atoms with Crippen LogP contribution in [-0.2, 0) is 10.2 Å². The number of hydrogen-bond donors (Lipinski definition) is 2. The van der Waals surface area contributed by atoms with Gasteiger partial charge in [0.2, 0.25) is 5.91 Å². The number of amides is 1. The van der Waals surface area contributed by atoms with Crippen LogP contribution >= 0.6 is 24.2 Å². The maximum absolute atomic E-state index is 13.0. The fourth-order valence-corrected chi connectivity index (χ4v) is 3.86. The van der Waals surface area contributed by atoms with Gasteiger partial charge in [-0.3, -0.25) is 10.1 Å². The molecule has 2 fully saturated rings. The second-order valence-corrected chi connectivity index (χ2v) is 6.66. The zero-order valence-corrected chi connectivity index (χ0v) is 13.4. The smallest absolute Gasteiger partial charge is 0.238 e. The van der Waals surface area contributed by atoms with E-state index in [4.69, 9.17) is 0 Å². The molecule has 0 bridgehead atoms. The predicted octanol–water partition coefficient (Wildman–Crippen LogP) is 2.45. The molecule has 2 aliphatic rings. The van der Waals surface area contributed by atoms with Gasteiger partial charge in [0.05, 0.1) is 6.04 Å². The molecule has 1 heterocycles. The number of benzene rings is 1. The number of rotatable bonds is 4. The van der Waals surface area contributed by atoms with E-state index in [2.05, 4.69) is 10.6 Å². The van der Waals surface area contributed by atoms with Crippen molar-refractivity contribution in [3.05, 3.63) is 35.6 Å². The molecule has 1 aromatic rings. The van der Waals surface area contributed by atoms with Gasteiger partial charge in [0, 0.05) is 23.6 Å². The summed E-state index contributed by atoms with van der Waals surface area (Å²) in [6, 6.07) is 6.65. The second kappa shape index (κ2) is 6.99. The largest absolute Gasteiger partial charge is 0.354 e. The van der Waals surface area contributed by atoms with Crippen LogP contribution in [0, 0.1) is 5.82 Å². The predicted molar refractivity (Wildman–Crippen MR) is 86.4 cm³/mol. The number of thioether (sulfide) groups is 1. The van der Waals surface area contributed by atoms with Crippen LogP contribution in [0.4, 0.5) is 4.39 Å². The molecule has 1 unspecified atom stereocenters. The average Bonchev–Trinajstić information content (AvgIpc) is 2.93. The highest BCUT2D eigenvalue weighted by Gasteiger charge is 2.39. The van der Waals surface area contributed by atoms with E-state index in [-0.39, 0.29) is 35.6 Å². The van der Waals surface area contributed by atoms with Crippen molar-refractivity contribution < 1.29 is 9.18 Å². The third-order valence-corrected chi connectivity index (χ3v) is 5.34. The fourth-order valence-electron chi connectivity index (χ4n) is 2.92. The Labute approximate surface area is 134 Å². The molecular formula is C15H20ClFN2OS. The van der Waals surface area contributed by atoms with Gasteiger partial charge in [-0.2, -0.15) is 0 Å². The van der Waals surface area contributed by atoms with Crippen LogP contribution in [0.1, 0.15) is 24.8 Å². The topological polar surface area (TPSA) is 41.1 Å². The molecule has 3 rings (SSSR count). The highest BCUT2D eigenvalue weighted by molar-refractivity contribution is 7.99. The van der Waals surface area contributed by atoms with Crippen LogP contribution < -0.4 is 10.6 Å². The molecule has 1 amide bonds. The normalized spacial score (nSPS) is 23.0. The Kier molecular flexibility index (Phi) is 5.52. The van der Waals surface area contributed by atoms with Gasteiger partial charge in [0.25, 0.3) is 0 Å². The summed E-state index contributed by atoms with van der Waals surface area (Å²) in [6.07, 6.45) is 3.29. The van der Waals surface area contributed by atoms with Crippen LogP contribution in [0.5, 0.6) is 0 Å². The number of nitrogens with one attached hydrogen (secondary N) is 2. The maximum atomic E-state index is 13.0. The van der Waals surface area contributed by atoms with Crippen molar-refractivity contribution in [2.24, 2.45) is 0 Å². The molecule has 21 heavy (non-hydrogen) atoms. The van der Waals surface area contributed by atoms with Gasteiger partial charge in [-0.05, 0) is 30.5 Å². The summed E-state index contributed by atoms with van der Waals surface area (Å²) in [5, 5.41) is 6.25.